The molecule has 0 N–H and O–H groups in total. The van der Waals surface area contributed by atoms with Gasteiger partial charge in [0.25, 0.3) is 0 Å². The maximum Gasteiger partial charge on any atom is 0.233 e. The Morgan fingerprint density at radius 2 is 1.62 bits per heavy atom. The van der Waals surface area contributed by atoms with Gasteiger partial charge >= 0.3 is 0 Å². The van der Waals surface area contributed by atoms with Crippen molar-refractivity contribution in [1.29, 1.82) is 0 Å². The third kappa shape index (κ3) is 1.69. The van der Waals surface area contributed by atoms with Gasteiger partial charge in [-0.15, -0.1) is 10.2 Å². The molecule has 0 aliphatic heterocycles. The molecule has 0 unspecified atom stereocenters. The molecule has 13 heavy (non-hydrogen) atoms. The van der Waals surface area contributed by atoms with Gasteiger partial charge < -0.3 is 0 Å². The molecule has 0 saturated heterocycles. The van der Waals surface area contributed by atoms with Gasteiger partial charge in [0.1, 0.15) is 0 Å². The van der Waals surface area contributed by atoms with E-state index in [1.54, 1.807) is 6.07 Å². The fourth-order valence-corrected chi connectivity index (χ4v) is 1.08. The van der Waals surface area contributed by atoms with Crippen LogP contribution in [0.4, 0.5) is 4.39 Å². The Kier molecular flexibility index (Phi) is 2.00. The molecule has 64 valence electrons. The second-order valence-corrected chi connectivity index (χ2v) is 2.61. The molecule has 3 heteroatoms. The van der Waals surface area contributed by atoms with Crippen molar-refractivity contribution in [2.45, 2.75) is 0 Å². The highest BCUT2D eigenvalue weighted by Crippen LogP contribution is 2.14. The number of nitrogens with zero attached hydrogens (tertiary/aromatic N) is 2. The van der Waals surface area contributed by atoms with Crippen LogP contribution in [0, 0.1) is 5.95 Å². The Bertz CT molecular complexity index is 383. The van der Waals surface area contributed by atoms with E-state index in [0.717, 1.165) is 5.56 Å². The Labute approximate surface area is 75.1 Å². The minimum atomic E-state index is -0.556. The highest BCUT2D eigenvalue weighted by Gasteiger charge is 1.98. The largest absolute Gasteiger partial charge is 0.233 e. The molecule has 0 fully saturated rings. The van der Waals surface area contributed by atoms with Crippen LogP contribution < -0.4 is 0 Å². The standard InChI is InChI=1S/C10H7FN2/c11-10-7-6-9(12-13-10)8-4-2-1-3-5-8/h1-7H. The van der Waals surface area contributed by atoms with Crippen molar-refractivity contribution in [3.63, 3.8) is 0 Å². The van der Waals surface area contributed by atoms with Crippen LogP contribution in [-0.2, 0) is 0 Å². The second-order valence-electron chi connectivity index (χ2n) is 2.61. The molecule has 1 heterocycles. The number of hydrogen-bond acceptors (Lipinski definition) is 2. The van der Waals surface area contributed by atoms with Crippen molar-refractivity contribution in [2.75, 3.05) is 0 Å². The Morgan fingerprint density at radius 1 is 0.846 bits per heavy atom. The lowest BCUT2D eigenvalue weighted by Crippen LogP contribution is -1.89. The summed E-state index contributed by atoms with van der Waals surface area (Å²) in [6.07, 6.45) is 0. The molecule has 2 rings (SSSR count). The van der Waals surface area contributed by atoms with Gasteiger partial charge in [0.2, 0.25) is 5.95 Å². The summed E-state index contributed by atoms with van der Waals surface area (Å²) in [4.78, 5) is 0. The van der Waals surface area contributed by atoms with Crippen LogP contribution in [-0.4, -0.2) is 10.2 Å². The molecule has 0 bridgehead atoms. The van der Waals surface area contributed by atoms with Crippen molar-refractivity contribution in [1.82, 2.24) is 10.2 Å². The fraction of sp³-hybridized carbons (Fsp3) is 0. The van der Waals surface area contributed by atoms with E-state index in [1.807, 2.05) is 30.3 Å². The molecule has 0 aliphatic rings. The Balaban J connectivity index is 2.42. The van der Waals surface area contributed by atoms with Gasteiger partial charge in [0.15, 0.2) is 0 Å². The topological polar surface area (TPSA) is 25.8 Å². The third-order valence-electron chi connectivity index (χ3n) is 1.70. The molecule has 2 nitrogen and oxygen atoms in total. The first-order chi connectivity index (χ1) is 6.36. The van der Waals surface area contributed by atoms with Gasteiger partial charge in [-0.2, -0.15) is 4.39 Å². The van der Waals surface area contributed by atoms with Gasteiger partial charge in [-0.05, 0) is 12.1 Å². The molecule has 0 amide bonds. The van der Waals surface area contributed by atoms with Crippen LogP contribution in [0.15, 0.2) is 42.5 Å². The molecular formula is C10H7FN2. The predicted octanol–water partition coefficient (Wildman–Crippen LogP) is 2.28. The van der Waals surface area contributed by atoms with Crippen molar-refractivity contribution < 1.29 is 4.39 Å². The first-order valence-electron chi connectivity index (χ1n) is 3.91. The quantitative estimate of drug-likeness (QED) is 0.662. The van der Waals surface area contributed by atoms with Crippen LogP contribution in [0.25, 0.3) is 11.3 Å². The first kappa shape index (κ1) is 7.86. The predicted molar refractivity (Wildman–Crippen MR) is 47.4 cm³/mol. The van der Waals surface area contributed by atoms with Crippen molar-refractivity contribution >= 4 is 0 Å². The minimum absolute atomic E-state index is 0.556. The van der Waals surface area contributed by atoms with E-state index in [1.165, 1.54) is 6.07 Å². The molecular weight excluding hydrogens is 167 g/mol. The van der Waals surface area contributed by atoms with E-state index in [-0.39, 0.29) is 0 Å². The molecule has 1 aromatic carbocycles. The molecule has 1 aromatic heterocycles. The number of halogens is 1. The molecule has 0 aliphatic carbocycles. The van der Waals surface area contributed by atoms with Gasteiger partial charge in [0.05, 0.1) is 5.69 Å². The maximum absolute atomic E-state index is 12.4. The highest BCUT2D eigenvalue weighted by molar-refractivity contribution is 5.57. The molecule has 0 spiro atoms. The lowest BCUT2D eigenvalue weighted by atomic mass is 10.1. The summed E-state index contributed by atoms with van der Waals surface area (Å²) in [5.41, 5.74) is 1.62. The molecule has 0 radical (unpaired) electrons. The van der Waals surface area contributed by atoms with Crippen LogP contribution >= 0.6 is 0 Å². The van der Waals surface area contributed by atoms with E-state index >= 15 is 0 Å². The lowest BCUT2D eigenvalue weighted by molar-refractivity contribution is 0.564. The van der Waals surface area contributed by atoms with Crippen LogP contribution in [0.1, 0.15) is 0 Å². The van der Waals surface area contributed by atoms with Gasteiger partial charge in [-0.1, -0.05) is 30.3 Å². The highest BCUT2D eigenvalue weighted by atomic mass is 19.1. The van der Waals surface area contributed by atoms with Crippen molar-refractivity contribution in [3.8, 4) is 11.3 Å². The Hall–Kier alpha value is -1.77. The number of rotatable bonds is 1. The zero-order valence-corrected chi connectivity index (χ0v) is 6.81. The summed E-state index contributed by atoms with van der Waals surface area (Å²) < 4.78 is 12.4. The Morgan fingerprint density at radius 3 is 2.23 bits per heavy atom. The summed E-state index contributed by atoms with van der Waals surface area (Å²) in [6.45, 7) is 0. The lowest BCUT2D eigenvalue weighted by Gasteiger charge is -1.97. The molecule has 0 saturated carbocycles. The number of aromatic nitrogens is 2. The second kappa shape index (κ2) is 3.31. The van der Waals surface area contributed by atoms with E-state index in [9.17, 15) is 4.39 Å². The van der Waals surface area contributed by atoms with Gasteiger partial charge in [-0.25, -0.2) is 0 Å². The van der Waals surface area contributed by atoms with Crippen molar-refractivity contribution in [3.05, 3.63) is 48.4 Å². The minimum Gasteiger partial charge on any atom is -0.183 e. The zero-order chi connectivity index (χ0) is 9.10. The van der Waals surface area contributed by atoms with E-state index in [2.05, 4.69) is 10.2 Å². The first-order valence-corrected chi connectivity index (χ1v) is 3.91. The SMILES string of the molecule is Fc1ccc(-c2ccccc2)nn1. The maximum atomic E-state index is 12.4. The average molecular weight is 174 g/mol. The third-order valence-corrected chi connectivity index (χ3v) is 1.70. The number of benzene rings is 1. The zero-order valence-electron chi connectivity index (χ0n) is 6.81. The fourth-order valence-electron chi connectivity index (χ4n) is 1.08. The average Bonchev–Trinajstić information content (AvgIpc) is 2.20. The smallest absolute Gasteiger partial charge is 0.183 e. The van der Waals surface area contributed by atoms with Gasteiger partial charge in [-0.3, -0.25) is 0 Å². The van der Waals surface area contributed by atoms with Crippen LogP contribution in [0.2, 0.25) is 0 Å². The molecule has 0 atom stereocenters. The summed E-state index contributed by atoms with van der Waals surface area (Å²) in [6, 6.07) is 12.4. The van der Waals surface area contributed by atoms with Crippen molar-refractivity contribution in [2.24, 2.45) is 0 Å². The van der Waals surface area contributed by atoms with E-state index in [0.29, 0.717) is 5.69 Å². The monoisotopic (exact) mass is 174 g/mol. The summed E-state index contributed by atoms with van der Waals surface area (Å²) in [5.74, 6) is -0.556. The summed E-state index contributed by atoms with van der Waals surface area (Å²) in [5, 5.41) is 7.06. The van der Waals surface area contributed by atoms with Crippen LogP contribution in [0.5, 0.6) is 0 Å². The van der Waals surface area contributed by atoms with Gasteiger partial charge in [0, 0.05) is 5.56 Å². The van der Waals surface area contributed by atoms with Crippen LogP contribution in [0.3, 0.4) is 0 Å². The number of hydrogen-bond donors (Lipinski definition) is 0. The molecule has 2 aromatic rings. The van der Waals surface area contributed by atoms with E-state index in [4.69, 9.17) is 0 Å². The normalized spacial score (nSPS) is 9.92. The summed E-state index contributed by atoms with van der Waals surface area (Å²) >= 11 is 0. The summed E-state index contributed by atoms with van der Waals surface area (Å²) in [7, 11) is 0. The van der Waals surface area contributed by atoms with E-state index < -0.39 is 5.95 Å².